The van der Waals surface area contributed by atoms with Crippen molar-refractivity contribution in [2.45, 2.75) is 6.92 Å². The zero-order valence-electron chi connectivity index (χ0n) is 6.27. The second kappa shape index (κ2) is 2.13. The fourth-order valence-electron chi connectivity index (χ4n) is 0.986. The molecule has 0 radical (unpaired) electrons. The third kappa shape index (κ3) is 1.12. The fraction of sp³-hybridized carbons (Fsp3) is 0.143. The number of benzene rings is 1. The molecule has 64 valence electrons. The highest BCUT2D eigenvalue weighted by Crippen LogP contribution is 2.35. The Morgan fingerprint density at radius 3 is 2.58 bits per heavy atom. The average Bonchev–Trinajstić information content (AvgIpc) is 2.21. The average molecular weight is 186 g/mol. The standard InChI is InChI=1S/C7H6O4S/c1-5-2-3-6-7(4-5)11-12(8,9)10-6/h2-4H,1H3. The monoisotopic (exact) mass is 186 g/mol. The maximum Gasteiger partial charge on any atom is 0.501 e. The van der Waals surface area contributed by atoms with Crippen LogP contribution in [0.25, 0.3) is 0 Å². The van der Waals surface area contributed by atoms with Gasteiger partial charge in [-0.05, 0) is 24.6 Å². The van der Waals surface area contributed by atoms with Crippen LogP contribution in [0, 0.1) is 6.92 Å². The molecule has 1 aromatic rings. The minimum Gasteiger partial charge on any atom is -0.349 e. The van der Waals surface area contributed by atoms with E-state index in [-0.39, 0.29) is 11.5 Å². The van der Waals surface area contributed by atoms with E-state index in [1.807, 2.05) is 6.92 Å². The topological polar surface area (TPSA) is 52.6 Å². The molecule has 0 bridgehead atoms. The predicted molar refractivity (Wildman–Crippen MR) is 41.4 cm³/mol. The van der Waals surface area contributed by atoms with Gasteiger partial charge in [0.25, 0.3) is 0 Å². The molecule has 0 amide bonds. The Kier molecular flexibility index (Phi) is 1.32. The summed E-state index contributed by atoms with van der Waals surface area (Å²) in [6.45, 7) is 1.84. The van der Waals surface area contributed by atoms with E-state index in [1.165, 1.54) is 0 Å². The van der Waals surface area contributed by atoms with Crippen molar-refractivity contribution in [3.63, 3.8) is 0 Å². The highest BCUT2D eigenvalue weighted by molar-refractivity contribution is 7.82. The summed E-state index contributed by atoms with van der Waals surface area (Å²) in [4.78, 5) is 0. The van der Waals surface area contributed by atoms with E-state index < -0.39 is 10.4 Å². The second-order valence-corrected chi connectivity index (χ2v) is 3.67. The van der Waals surface area contributed by atoms with Crippen LogP contribution in [-0.4, -0.2) is 8.42 Å². The summed E-state index contributed by atoms with van der Waals surface area (Å²) in [7, 11) is -3.82. The molecule has 1 heterocycles. The summed E-state index contributed by atoms with van der Waals surface area (Å²) < 4.78 is 30.5. The lowest BCUT2D eigenvalue weighted by atomic mass is 10.2. The van der Waals surface area contributed by atoms with Gasteiger partial charge in [-0.1, -0.05) is 6.07 Å². The molecule has 0 saturated heterocycles. The molecule has 0 saturated carbocycles. The van der Waals surface area contributed by atoms with Gasteiger partial charge in [-0.3, -0.25) is 0 Å². The molecule has 0 atom stereocenters. The molecule has 0 aliphatic carbocycles. The summed E-state index contributed by atoms with van der Waals surface area (Å²) in [6, 6.07) is 4.93. The molecule has 0 spiro atoms. The largest absolute Gasteiger partial charge is 0.501 e. The number of hydrogen-bond donors (Lipinski definition) is 0. The number of fused-ring (bicyclic) bond motifs is 1. The van der Waals surface area contributed by atoms with Crippen molar-refractivity contribution < 1.29 is 16.8 Å². The lowest BCUT2D eigenvalue weighted by Crippen LogP contribution is -2.07. The Hall–Kier alpha value is -1.23. The van der Waals surface area contributed by atoms with E-state index in [2.05, 4.69) is 8.37 Å². The number of aryl methyl sites for hydroxylation is 1. The van der Waals surface area contributed by atoms with E-state index in [4.69, 9.17) is 0 Å². The fourth-order valence-corrected chi connectivity index (χ4v) is 1.73. The quantitative estimate of drug-likeness (QED) is 0.606. The van der Waals surface area contributed by atoms with Gasteiger partial charge < -0.3 is 8.37 Å². The Morgan fingerprint density at radius 1 is 1.17 bits per heavy atom. The van der Waals surface area contributed by atoms with Crippen LogP contribution in [-0.2, 0) is 10.4 Å². The van der Waals surface area contributed by atoms with Gasteiger partial charge in [-0.2, -0.15) is 0 Å². The second-order valence-electron chi connectivity index (χ2n) is 2.53. The van der Waals surface area contributed by atoms with Gasteiger partial charge in [-0.25, -0.2) is 0 Å². The van der Waals surface area contributed by atoms with Crippen molar-refractivity contribution in [2.75, 3.05) is 0 Å². The minimum atomic E-state index is -3.82. The van der Waals surface area contributed by atoms with E-state index in [9.17, 15) is 8.42 Å². The highest BCUT2D eigenvalue weighted by atomic mass is 32.3. The van der Waals surface area contributed by atoms with E-state index >= 15 is 0 Å². The van der Waals surface area contributed by atoms with E-state index in [1.54, 1.807) is 18.2 Å². The molecule has 1 aromatic carbocycles. The molecule has 0 N–H and O–H groups in total. The maximum absolute atomic E-state index is 10.8. The van der Waals surface area contributed by atoms with Crippen LogP contribution in [0.1, 0.15) is 5.56 Å². The molecule has 0 fully saturated rings. The first-order chi connectivity index (χ1) is 5.57. The van der Waals surface area contributed by atoms with Crippen molar-refractivity contribution >= 4 is 10.4 Å². The van der Waals surface area contributed by atoms with Gasteiger partial charge in [0.15, 0.2) is 11.5 Å². The van der Waals surface area contributed by atoms with E-state index in [0.717, 1.165) is 5.56 Å². The molecule has 5 heteroatoms. The smallest absolute Gasteiger partial charge is 0.349 e. The van der Waals surface area contributed by atoms with Crippen LogP contribution >= 0.6 is 0 Å². The van der Waals surface area contributed by atoms with Crippen LogP contribution in [0.15, 0.2) is 18.2 Å². The van der Waals surface area contributed by atoms with Gasteiger partial charge in [-0.15, -0.1) is 8.42 Å². The molecule has 1 aliphatic rings. The summed E-state index contributed by atoms with van der Waals surface area (Å²) in [5.41, 5.74) is 0.925. The molecular formula is C7H6O4S. The Morgan fingerprint density at radius 2 is 1.83 bits per heavy atom. The summed E-state index contributed by atoms with van der Waals surface area (Å²) in [5, 5.41) is 0. The Labute approximate surface area is 70.1 Å². The first kappa shape index (κ1) is 7.42. The third-order valence-corrected chi connectivity index (χ3v) is 2.25. The van der Waals surface area contributed by atoms with Crippen LogP contribution in [0.5, 0.6) is 11.5 Å². The maximum atomic E-state index is 10.8. The lowest BCUT2D eigenvalue weighted by molar-refractivity contribution is 0.436. The van der Waals surface area contributed by atoms with Crippen LogP contribution in [0.4, 0.5) is 0 Å². The van der Waals surface area contributed by atoms with Crippen LogP contribution < -0.4 is 8.37 Å². The molecule has 0 unspecified atom stereocenters. The number of hydrogen-bond acceptors (Lipinski definition) is 4. The van der Waals surface area contributed by atoms with Gasteiger partial charge in [0.1, 0.15) is 0 Å². The van der Waals surface area contributed by atoms with Crippen molar-refractivity contribution in [2.24, 2.45) is 0 Å². The van der Waals surface area contributed by atoms with Crippen molar-refractivity contribution in [3.05, 3.63) is 23.8 Å². The van der Waals surface area contributed by atoms with Crippen LogP contribution in [0.2, 0.25) is 0 Å². The van der Waals surface area contributed by atoms with Crippen molar-refractivity contribution in [1.82, 2.24) is 0 Å². The van der Waals surface area contributed by atoms with E-state index in [0.29, 0.717) is 0 Å². The first-order valence-electron chi connectivity index (χ1n) is 3.31. The minimum absolute atomic E-state index is 0.251. The molecule has 0 aromatic heterocycles. The summed E-state index contributed by atoms with van der Waals surface area (Å²) in [5.74, 6) is 0.510. The lowest BCUT2D eigenvalue weighted by Gasteiger charge is -1.92. The third-order valence-electron chi connectivity index (χ3n) is 1.48. The molecule has 2 rings (SSSR count). The van der Waals surface area contributed by atoms with Crippen molar-refractivity contribution in [3.8, 4) is 11.5 Å². The number of rotatable bonds is 0. The normalized spacial score (nSPS) is 17.8. The van der Waals surface area contributed by atoms with Gasteiger partial charge in [0, 0.05) is 0 Å². The molecule has 4 nitrogen and oxygen atoms in total. The SMILES string of the molecule is Cc1ccc2c(c1)OS(=O)(=O)O2. The van der Waals surface area contributed by atoms with Gasteiger partial charge in [0.2, 0.25) is 0 Å². The molecule has 12 heavy (non-hydrogen) atoms. The van der Waals surface area contributed by atoms with Crippen LogP contribution in [0.3, 0.4) is 0 Å². The zero-order valence-corrected chi connectivity index (χ0v) is 7.09. The summed E-state index contributed by atoms with van der Waals surface area (Å²) >= 11 is 0. The Balaban J connectivity index is 2.56. The zero-order chi connectivity index (χ0) is 8.77. The van der Waals surface area contributed by atoms with Gasteiger partial charge >= 0.3 is 10.4 Å². The summed E-state index contributed by atoms with van der Waals surface area (Å²) in [6.07, 6.45) is 0. The van der Waals surface area contributed by atoms with Crippen molar-refractivity contribution in [1.29, 1.82) is 0 Å². The Bertz CT molecular complexity index is 421. The predicted octanol–water partition coefficient (Wildman–Crippen LogP) is 1.01. The van der Waals surface area contributed by atoms with Gasteiger partial charge in [0.05, 0.1) is 0 Å². The molecular weight excluding hydrogens is 180 g/mol. The first-order valence-corrected chi connectivity index (χ1v) is 4.65. The molecule has 1 aliphatic heterocycles. The highest BCUT2D eigenvalue weighted by Gasteiger charge is 2.27.